The number of rotatable bonds is 8. The van der Waals surface area contributed by atoms with Crippen LogP contribution in [-0.4, -0.2) is 18.2 Å². The molecule has 2 rings (SSSR count). The van der Waals surface area contributed by atoms with Crippen molar-refractivity contribution in [1.82, 2.24) is 5.32 Å². The van der Waals surface area contributed by atoms with E-state index in [-0.39, 0.29) is 23.3 Å². The lowest BCUT2D eigenvalue weighted by Gasteiger charge is -2.06. The maximum Gasteiger partial charge on any atom is 0.230 e. The summed E-state index contributed by atoms with van der Waals surface area (Å²) in [5, 5.41) is 3.19. The first kappa shape index (κ1) is 18.7. The fourth-order valence-electron chi connectivity index (χ4n) is 2.11. The van der Waals surface area contributed by atoms with Gasteiger partial charge in [0.2, 0.25) is 5.91 Å². The number of hydrogen-bond donors (Lipinski definition) is 1. The summed E-state index contributed by atoms with van der Waals surface area (Å²) >= 11 is 7.05. The predicted molar refractivity (Wildman–Crippen MR) is 95.3 cm³/mol. The molecule has 0 radical (unpaired) electrons. The van der Waals surface area contributed by atoms with Gasteiger partial charge in [0, 0.05) is 17.3 Å². The maximum atomic E-state index is 13.6. The molecular weight excluding hydrogens is 352 g/mol. The fraction of sp³-hybridized carbons (Fsp3) is 0.278. The van der Waals surface area contributed by atoms with Crippen LogP contribution in [0.4, 0.5) is 8.78 Å². The Labute approximate surface area is 149 Å². The Bertz CT molecular complexity index is 679. The zero-order chi connectivity index (χ0) is 17.4. The second-order valence-electron chi connectivity index (χ2n) is 5.31. The largest absolute Gasteiger partial charge is 0.355 e. The van der Waals surface area contributed by atoms with E-state index in [0.717, 1.165) is 18.4 Å². The molecule has 0 atom stereocenters. The summed E-state index contributed by atoms with van der Waals surface area (Å²) in [5.74, 6) is 0.0225. The van der Waals surface area contributed by atoms with Crippen LogP contribution >= 0.6 is 23.4 Å². The number of carbonyl (C=O) groups excluding carboxylic acids is 1. The predicted octanol–water partition coefficient (Wildman–Crippen LogP) is 4.60. The van der Waals surface area contributed by atoms with E-state index in [1.165, 1.54) is 30.0 Å². The van der Waals surface area contributed by atoms with Gasteiger partial charge in [0.05, 0.1) is 5.75 Å². The molecule has 0 heterocycles. The first-order chi connectivity index (χ1) is 11.5. The molecule has 0 aliphatic rings. The minimum absolute atomic E-state index is 0.0755. The highest BCUT2D eigenvalue weighted by Crippen LogP contribution is 2.19. The van der Waals surface area contributed by atoms with Crippen molar-refractivity contribution < 1.29 is 13.6 Å². The van der Waals surface area contributed by atoms with E-state index in [0.29, 0.717) is 22.9 Å². The van der Waals surface area contributed by atoms with Crippen molar-refractivity contribution in [1.29, 1.82) is 0 Å². The van der Waals surface area contributed by atoms with Gasteiger partial charge in [-0.1, -0.05) is 29.8 Å². The first-order valence-corrected chi connectivity index (χ1v) is 9.10. The third-order valence-corrected chi connectivity index (χ3v) is 4.60. The summed E-state index contributed by atoms with van der Waals surface area (Å²) in [4.78, 5) is 11.7. The van der Waals surface area contributed by atoms with Crippen molar-refractivity contribution in [2.24, 2.45) is 0 Å². The average molecular weight is 370 g/mol. The Hall–Kier alpha value is -1.59. The van der Waals surface area contributed by atoms with Crippen LogP contribution in [0.3, 0.4) is 0 Å². The van der Waals surface area contributed by atoms with Crippen molar-refractivity contribution in [2.75, 3.05) is 12.3 Å². The number of carbonyl (C=O) groups is 1. The van der Waals surface area contributed by atoms with Crippen LogP contribution in [0, 0.1) is 11.6 Å². The topological polar surface area (TPSA) is 29.1 Å². The first-order valence-electron chi connectivity index (χ1n) is 7.57. The lowest BCUT2D eigenvalue weighted by molar-refractivity contribution is -0.118. The second kappa shape index (κ2) is 9.64. The van der Waals surface area contributed by atoms with Gasteiger partial charge in [0.15, 0.2) is 0 Å². The van der Waals surface area contributed by atoms with Gasteiger partial charge in [-0.25, -0.2) is 8.78 Å². The number of amides is 1. The van der Waals surface area contributed by atoms with Crippen LogP contribution in [-0.2, 0) is 17.0 Å². The Morgan fingerprint density at radius 3 is 2.58 bits per heavy atom. The third kappa shape index (κ3) is 6.49. The summed E-state index contributed by atoms with van der Waals surface area (Å²) < 4.78 is 26.4. The van der Waals surface area contributed by atoms with Crippen LogP contribution < -0.4 is 5.32 Å². The van der Waals surface area contributed by atoms with Crippen LogP contribution in [0.15, 0.2) is 42.5 Å². The minimum Gasteiger partial charge on any atom is -0.355 e. The molecule has 1 amide bonds. The van der Waals surface area contributed by atoms with Gasteiger partial charge in [0.1, 0.15) is 11.6 Å². The smallest absolute Gasteiger partial charge is 0.230 e. The zero-order valence-corrected chi connectivity index (χ0v) is 14.6. The number of hydrogen-bond acceptors (Lipinski definition) is 2. The standard InChI is InChI=1S/C18H18ClF2NOS/c19-15-6-5-14(17(21)10-15)11-24-12-18(23)22-9-1-2-13-3-7-16(20)8-4-13/h3-8,10H,1-2,9,11-12H2,(H,22,23). The number of nitrogens with one attached hydrogen (secondary N) is 1. The van der Waals surface area contributed by atoms with E-state index in [1.54, 1.807) is 24.3 Å². The Morgan fingerprint density at radius 1 is 1.12 bits per heavy atom. The highest BCUT2D eigenvalue weighted by atomic mass is 35.5. The highest BCUT2D eigenvalue weighted by molar-refractivity contribution is 7.99. The average Bonchev–Trinajstić information content (AvgIpc) is 2.55. The molecule has 6 heteroatoms. The van der Waals surface area contributed by atoms with Crippen molar-refractivity contribution in [3.05, 3.63) is 70.2 Å². The molecule has 0 fully saturated rings. The van der Waals surface area contributed by atoms with Gasteiger partial charge < -0.3 is 5.32 Å². The summed E-state index contributed by atoms with van der Waals surface area (Å²) in [7, 11) is 0. The zero-order valence-electron chi connectivity index (χ0n) is 13.0. The van der Waals surface area contributed by atoms with Gasteiger partial charge in [0.25, 0.3) is 0 Å². The third-order valence-electron chi connectivity index (χ3n) is 3.38. The summed E-state index contributed by atoms with van der Waals surface area (Å²) in [6, 6.07) is 10.9. The van der Waals surface area contributed by atoms with E-state index < -0.39 is 0 Å². The fourth-order valence-corrected chi connectivity index (χ4v) is 3.12. The Balaban J connectivity index is 1.60. The van der Waals surface area contributed by atoms with Gasteiger partial charge in [-0.2, -0.15) is 0 Å². The Morgan fingerprint density at radius 2 is 1.88 bits per heavy atom. The van der Waals surface area contributed by atoms with E-state index in [4.69, 9.17) is 11.6 Å². The van der Waals surface area contributed by atoms with Crippen molar-refractivity contribution in [3.63, 3.8) is 0 Å². The number of thioether (sulfide) groups is 1. The van der Waals surface area contributed by atoms with Crippen LogP contribution in [0.2, 0.25) is 5.02 Å². The summed E-state index contributed by atoms with van der Waals surface area (Å²) in [6.07, 6.45) is 1.57. The molecule has 128 valence electrons. The molecule has 0 saturated heterocycles. The lowest BCUT2D eigenvalue weighted by atomic mass is 10.1. The molecule has 0 aliphatic heterocycles. The molecule has 0 aliphatic carbocycles. The molecule has 0 aromatic heterocycles. The van der Waals surface area contributed by atoms with Crippen LogP contribution in [0.25, 0.3) is 0 Å². The van der Waals surface area contributed by atoms with Crippen LogP contribution in [0.5, 0.6) is 0 Å². The number of aryl methyl sites for hydroxylation is 1. The van der Waals surface area contributed by atoms with Gasteiger partial charge in [-0.15, -0.1) is 11.8 Å². The number of halogens is 3. The molecule has 0 unspecified atom stereocenters. The summed E-state index contributed by atoms with van der Waals surface area (Å²) in [6.45, 7) is 0.562. The second-order valence-corrected chi connectivity index (χ2v) is 6.73. The van der Waals surface area contributed by atoms with Gasteiger partial charge >= 0.3 is 0 Å². The number of benzene rings is 2. The molecule has 2 aromatic rings. The molecule has 0 saturated carbocycles. The highest BCUT2D eigenvalue weighted by Gasteiger charge is 2.06. The SMILES string of the molecule is O=C(CSCc1ccc(Cl)cc1F)NCCCc1ccc(F)cc1. The van der Waals surface area contributed by atoms with Crippen molar-refractivity contribution in [2.45, 2.75) is 18.6 Å². The minimum atomic E-state index is -0.352. The monoisotopic (exact) mass is 369 g/mol. The molecule has 0 spiro atoms. The van der Waals surface area contributed by atoms with Gasteiger partial charge in [-0.05, 0) is 48.2 Å². The van der Waals surface area contributed by atoms with E-state index in [1.807, 2.05) is 0 Å². The maximum absolute atomic E-state index is 13.6. The molecule has 24 heavy (non-hydrogen) atoms. The molecule has 1 N–H and O–H groups in total. The Kier molecular flexibility index (Phi) is 7.53. The lowest BCUT2D eigenvalue weighted by Crippen LogP contribution is -2.26. The van der Waals surface area contributed by atoms with Gasteiger partial charge in [-0.3, -0.25) is 4.79 Å². The molecule has 0 bridgehead atoms. The van der Waals surface area contributed by atoms with E-state index >= 15 is 0 Å². The molecule has 2 aromatic carbocycles. The van der Waals surface area contributed by atoms with Crippen molar-refractivity contribution in [3.8, 4) is 0 Å². The van der Waals surface area contributed by atoms with Crippen molar-refractivity contribution >= 4 is 29.3 Å². The molecule has 2 nitrogen and oxygen atoms in total. The van der Waals surface area contributed by atoms with E-state index in [9.17, 15) is 13.6 Å². The van der Waals surface area contributed by atoms with Crippen LogP contribution in [0.1, 0.15) is 17.5 Å². The quantitative estimate of drug-likeness (QED) is 0.689. The summed E-state index contributed by atoms with van der Waals surface area (Å²) in [5.41, 5.74) is 1.58. The van der Waals surface area contributed by atoms with E-state index in [2.05, 4.69) is 5.32 Å². The molecular formula is C18H18ClF2NOS. The normalized spacial score (nSPS) is 10.6.